The van der Waals surface area contributed by atoms with E-state index in [4.69, 9.17) is 33.5 Å². The molecule has 1 aromatic heterocycles. The van der Waals surface area contributed by atoms with E-state index >= 15 is 0 Å². The van der Waals surface area contributed by atoms with Crippen LogP contribution in [0.1, 0.15) is 81.8 Å². The van der Waals surface area contributed by atoms with Crippen LogP contribution in [-0.4, -0.2) is 83.1 Å². The first kappa shape index (κ1) is 35.3. The van der Waals surface area contributed by atoms with Crippen LogP contribution in [0.3, 0.4) is 0 Å². The van der Waals surface area contributed by atoms with Crippen molar-refractivity contribution in [3.63, 3.8) is 0 Å². The highest BCUT2D eigenvalue weighted by molar-refractivity contribution is 5.68. The summed E-state index contributed by atoms with van der Waals surface area (Å²) in [5.74, 6) is -2.63. The molecule has 3 rings (SSSR count). The minimum Gasteiger partial charge on any atom is -0.463 e. The predicted molar refractivity (Wildman–Crippen MR) is 160 cm³/mol. The molecule has 2 aromatic rings. The smallest absolute Gasteiger partial charge is 0.303 e. The Balaban J connectivity index is 2.03. The van der Waals surface area contributed by atoms with E-state index in [9.17, 15) is 19.2 Å². The summed E-state index contributed by atoms with van der Waals surface area (Å²) in [5, 5.41) is 16.5. The molecule has 5 atom stereocenters. The molecule has 0 saturated carbocycles. The lowest BCUT2D eigenvalue weighted by molar-refractivity contribution is -0.289. The van der Waals surface area contributed by atoms with E-state index in [0.717, 1.165) is 48.7 Å². The maximum Gasteiger partial charge on any atom is 0.303 e. The van der Waals surface area contributed by atoms with Gasteiger partial charge in [0.2, 0.25) is 18.3 Å². The van der Waals surface area contributed by atoms with E-state index in [1.165, 1.54) is 6.92 Å². The first-order chi connectivity index (χ1) is 21.3. The van der Waals surface area contributed by atoms with Crippen molar-refractivity contribution < 1.29 is 52.7 Å². The minimum absolute atomic E-state index is 0.0289. The van der Waals surface area contributed by atoms with Crippen LogP contribution in [0.25, 0.3) is 6.08 Å². The minimum atomic E-state index is -1.41. The topological polar surface area (TPSA) is 173 Å². The molecule has 1 fully saturated rings. The summed E-state index contributed by atoms with van der Waals surface area (Å²) in [5.41, 5.74) is 4.56. The van der Waals surface area contributed by atoms with Crippen LogP contribution in [0.15, 0.2) is 24.3 Å². The zero-order valence-electron chi connectivity index (χ0n) is 26.7. The number of aryl methyl sites for hydroxylation is 1. The maximum absolute atomic E-state index is 12.2. The Kier molecular flexibility index (Phi) is 12.7. The molecule has 13 heteroatoms. The molecule has 1 aliphatic rings. The second kappa shape index (κ2) is 16.2. The van der Waals surface area contributed by atoms with Gasteiger partial charge < -0.3 is 33.5 Å². The van der Waals surface area contributed by atoms with E-state index in [2.05, 4.69) is 10.2 Å². The van der Waals surface area contributed by atoms with E-state index in [0.29, 0.717) is 12.8 Å². The van der Waals surface area contributed by atoms with Gasteiger partial charge in [-0.15, -0.1) is 5.10 Å². The molecule has 45 heavy (non-hydrogen) atoms. The Morgan fingerprint density at radius 3 is 2.20 bits per heavy atom. The number of aromatic nitrogens is 2. The fourth-order valence-electron chi connectivity index (χ4n) is 5.01. The molecule has 246 valence electrons. The van der Waals surface area contributed by atoms with Crippen molar-refractivity contribution in [2.45, 2.75) is 97.9 Å². The predicted octanol–water partition coefficient (Wildman–Crippen LogP) is 3.29. The van der Waals surface area contributed by atoms with Crippen LogP contribution in [0.5, 0.6) is 5.88 Å². The average molecular weight is 631 g/mol. The molecule has 0 spiro atoms. The molecule has 2 N–H and O–H groups in total. The Hall–Kier alpha value is -4.23. The van der Waals surface area contributed by atoms with Crippen LogP contribution in [0, 0.1) is 6.92 Å². The summed E-state index contributed by atoms with van der Waals surface area (Å²) < 4.78 is 34.0. The Bertz CT molecular complexity index is 1380. The summed E-state index contributed by atoms with van der Waals surface area (Å²) in [6.07, 6.45) is -1.77. The Morgan fingerprint density at radius 1 is 0.978 bits per heavy atom. The fraction of sp³-hybridized carbons (Fsp3) is 0.531. The highest BCUT2D eigenvalue weighted by Gasteiger charge is 2.53. The molecule has 1 aromatic carbocycles. The van der Waals surface area contributed by atoms with Crippen molar-refractivity contribution in [3.05, 3.63) is 52.2 Å². The molecular weight excluding hydrogens is 588 g/mol. The first-order valence-corrected chi connectivity index (χ1v) is 14.7. The van der Waals surface area contributed by atoms with Gasteiger partial charge in [-0.2, -0.15) is 0 Å². The van der Waals surface area contributed by atoms with Crippen LogP contribution in [0.4, 0.5) is 0 Å². The Labute approximate surface area is 262 Å². The third kappa shape index (κ3) is 9.88. The second-order valence-corrected chi connectivity index (χ2v) is 11.0. The lowest BCUT2D eigenvalue weighted by atomic mass is 9.95. The van der Waals surface area contributed by atoms with E-state index in [-0.39, 0.29) is 25.0 Å². The van der Waals surface area contributed by atoms with Crippen LogP contribution >= 0.6 is 0 Å². The quantitative estimate of drug-likeness (QED) is 0.245. The van der Waals surface area contributed by atoms with Gasteiger partial charge in [-0.25, -0.2) is 0 Å². The van der Waals surface area contributed by atoms with Gasteiger partial charge in [0.15, 0.2) is 12.2 Å². The normalized spacial score (nSPS) is 21.4. The number of hydrogen-bond acceptors (Lipinski definition) is 12. The van der Waals surface area contributed by atoms with Gasteiger partial charge in [-0.3, -0.25) is 24.3 Å². The average Bonchev–Trinajstić information content (AvgIpc) is 3.34. The fourth-order valence-corrected chi connectivity index (χ4v) is 5.01. The summed E-state index contributed by atoms with van der Waals surface area (Å²) in [6, 6.07) is 6.02. The largest absolute Gasteiger partial charge is 0.463 e. The SMILES string of the molecule is CC(=O)OC[C@H]1O[C@H](Oc2n[nH]c(C(C)C)c2Cc2ccc(/C=C/CCO)cc2C)[C@H](OC(C)=O)[C@@H](OC(C)=O)[C@@H]1OC(C)=O. The van der Waals surface area contributed by atoms with Crippen molar-refractivity contribution >= 4 is 30.0 Å². The number of carbonyl (C=O) groups is 4. The third-order valence-corrected chi connectivity index (χ3v) is 6.95. The number of carbonyl (C=O) groups excluding carboxylic acids is 4. The lowest BCUT2D eigenvalue weighted by Crippen LogP contribution is -2.63. The van der Waals surface area contributed by atoms with Gasteiger partial charge in [0.25, 0.3) is 0 Å². The summed E-state index contributed by atoms with van der Waals surface area (Å²) in [6.45, 7) is 10.4. The molecule has 1 saturated heterocycles. The number of ether oxygens (including phenoxy) is 6. The Morgan fingerprint density at radius 2 is 1.62 bits per heavy atom. The molecule has 13 nitrogen and oxygen atoms in total. The number of nitrogens with one attached hydrogen (secondary N) is 1. The molecule has 0 amide bonds. The highest BCUT2D eigenvalue weighted by Crippen LogP contribution is 2.34. The number of esters is 4. The second-order valence-electron chi connectivity index (χ2n) is 11.0. The maximum atomic E-state index is 12.2. The number of benzene rings is 1. The van der Waals surface area contributed by atoms with Crippen molar-refractivity contribution in [2.75, 3.05) is 13.2 Å². The zero-order chi connectivity index (χ0) is 33.3. The molecule has 0 aliphatic carbocycles. The molecule has 1 aliphatic heterocycles. The highest BCUT2D eigenvalue weighted by atomic mass is 16.7. The monoisotopic (exact) mass is 630 g/mol. The van der Waals surface area contributed by atoms with E-state index in [1.54, 1.807) is 0 Å². The lowest BCUT2D eigenvalue weighted by Gasteiger charge is -2.43. The van der Waals surface area contributed by atoms with E-state index < -0.39 is 54.6 Å². The third-order valence-electron chi connectivity index (χ3n) is 6.95. The number of rotatable bonds is 13. The van der Waals surface area contributed by atoms with Gasteiger partial charge in [0, 0.05) is 52.0 Å². The van der Waals surface area contributed by atoms with Gasteiger partial charge in [0.05, 0.1) is 0 Å². The number of nitrogens with zero attached hydrogens (tertiary/aromatic N) is 1. The number of H-pyrrole nitrogens is 1. The molecule has 0 unspecified atom stereocenters. The van der Waals surface area contributed by atoms with Gasteiger partial charge >= 0.3 is 23.9 Å². The first-order valence-electron chi connectivity index (χ1n) is 14.7. The summed E-state index contributed by atoms with van der Waals surface area (Å²) in [7, 11) is 0. The molecule has 0 bridgehead atoms. The van der Waals surface area contributed by atoms with Crippen molar-refractivity contribution in [1.29, 1.82) is 0 Å². The number of aliphatic hydroxyl groups is 1. The number of aliphatic hydroxyl groups excluding tert-OH is 1. The molecular formula is C32H42N2O11. The van der Waals surface area contributed by atoms with Crippen LogP contribution in [0.2, 0.25) is 0 Å². The van der Waals surface area contributed by atoms with Gasteiger partial charge in [-0.05, 0) is 36.0 Å². The summed E-state index contributed by atoms with van der Waals surface area (Å²) >= 11 is 0. The number of aromatic amines is 1. The zero-order valence-corrected chi connectivity index (χ0v) is 26.7. The standard InChI is InChI=1S/C32H42N2O11/c1-17(2)27-25(15-24-12-11-23(14-18(24)3)10-8-9-13-35)31(34-33-27)45-32-30(43-22(7)39)29(42-21(6)38)28(41-20(5)37)26(44-32)16-40-19(4)36/h8,10-12,14,17,26,28-30,32,35H,9,13,15-16H2,1-7H3,(H,33,34)/b10-8+/t26-,28-,29+,30-,32-/m1/s1. The van der Waals surface area contributed by atoms with Crippen LogP contribution < -0.4 is 4.74 Å². The van der Waals surface area contributed by atoms with Gasteiger partial charge in [-0.1, -0.05) is 44.2 Å². The van der Waals surface area contributed by atoms with Gasteiger partial charge in [0.1, 0.15) is 12.7 Å². The number of hydrogen-bond donors (Lipinski definition) is 2. The van der Waals surface area contributed by atoms with E-state index in [1.807, 2.05) is 51.1 Å². The molecule has 2 heterocycles. The van der Waals surface area contributed by atoms with Crippen molar-refractivity contribution in [3.8, 4) is 5.88 Å². The van der Waals surface area contributed by atoms with Crippen molar-refractivity contribution in [2.24, 2.45) is 0 Å². The van der Waals surface area contributed by atoms with Crippen molar-refractivity contribution in [1.82, 2.24) is 10.2 Å². The van der Waals surface area contributed by atoms with Crippen LogP contribution in [-0.2, 0) is 49.3 Å². The molecule has 0 radical (unpaired) electrons. The summed E-state index contributed by atoms with van der Waals surface area (Å²) in [4.78, 5) is 48.1.